The van der Waals surface area contributed by atoms with Gasteiger partial charge in [-0.3, -0.25) is 14.4 Å². The minimum absolute atomic E-state index is 0.00312. The average Bonchev–Trinajstić information content (AvgIpc) is 2.89. The standard InChI is InChI=1S/C40H66N2O3/c1-15-18-35(6,7)21-23-38(12,19-17-32(44)42-34(3,4)5)24-22-36(8,9)40(14)20-16-30-37(10,11)33(45)29(27-41)26-39(30,13)31(40)25-28(2)43/h25-26,30H,15-24H2,1-14H3,(H,42,44)/b31-25-/t30-,38-,39-,40+/m0/s1. The number of nitriles is 1. The molecular weight excluding hydrogens is 556 g/mol. The van der Waals surface area contributed by atoms with Gasteiger partial charge < -0.3 is 5.32 Å². The molecule has 0 aromatic heterocycles. The van der Waals surface area contributed by atoms with Crippen LogP contribution in [0, 0.1) is 49.7 Å². The number of rotatable bonds is 13. The fourth-order valence-electron chi connectivity index (χ4n) is 8.72. The van der Waals surface area contributed by atoms with Crippen molar-refractivity contribution in [3.05, 3.63) is 23.3 Å². The molecule has 4 atom stereocenters. The van der Waals surface area contributed by atoms with E-state index >= 15 is 0 Å². The zero-order valence-corrected chi connectivity index (χ0v) is 31.5. The lowest BCUT2D eigenvalue weighted by atomic mass is 9.42. The zero-order valence-electron chi connectivity index (χ0n) is 31.5. The van der Waals surface area contributed by atoms with Gasteiger partial charge >= 0.3 is 0 Å². The molecule has 5 nitrogen and oxygen atoms in total. The molecule has 1 N–H and O–H groups in total. The first-order valence-corrected chi connectivity index (χ1v) is 17.5. The van der Waals surface area contributed by atoms with Crippen LogP contribution in [0.2, 0.25) is 0 Å². The van der Waals surface area contributed by atoms with Crippen LogP contribution in [0.4, 0.5) is 0 Å². The topological polar surface area (TPSA) is 87.0 Å². The van der Waals surface area contributed by atoms with E-state index in [1.165, 1.54) is 12.8 Å². The summed E-state index contributed by atoms with van der Waals surface area (Å²) in [6, 6.07) is 2.19. The monoisotopic (exact) mass is 623 g/mol. The third kappa shape index (κ3) is 8.78. The molecule has 1 fully saturated rings. The van der Waals surface area contributed by atoms with Crippen molar-refractivity contribution in [1.29, 1.82) is 5.26 Å². The van der Waals surface area contributed by atoms with Gasteiger partial charge in [-0.25, -0.2) is 0 Å². The second kappa shape index (κ2) is 13.5. The van der Waals surface area contributed by atoms with E-state index in [0.717, 1.165) is 50.5 Å². The summed E-state index contributed by atoms with van der Waals surface area (Å²) >= 11 is 0. The van der Waals surface area contributed by atoms with Gasteiger partial charge in [-0.05, 0) is 113 Å². The van der Waals surface area contributed by atoms with Crippen molar-refractivity contribution >= 4 is 17.5 Å². The normalized spacial score (nSPS) is 27.7. The van der Waals surface area contributed by atoms with Crippen LogP contribution in [0.25, 0.3) is 0 Å². The van der Waals surface area contributed by atoms with Crippen LogP contribution < -0.4 is 5.32 Å². The Morgan fingerprint density at radius 2 is 1.53 bits per heavy atom. The minimum atomic E-state index is -0.687. The van der Waals surface area contributed by atoms with Crippen molar-refractivity contribution in [2.45, 2.75) is 167 Å². The molecule has 1 amide bonds. The molecule has 0 aromatic rings. The highest BCUT2D eigenvalue weighted by atomic mass is 16.2. The predicted molar refractivity (Wildman–Crippen MR) is 186 cm³/mol. The summed E-state index contributed by atoms with van der Waals surface area (Å²) in [6.45, 7) is 30.1. The van der Waals surface area contributed by atoms with Gasteiger partial charge in [-0.2, -0.15) is 5.26 Å². The van der Waals surface area contributed by atoms with E-state index in [9.17, 15) is 19.6 Å². The first-order valence-electron chi connectivity index (χ1n) is 17.5. The summed E-state index contributed by atoms with van der Waals surface area (Å²) in [7, 11) is 0. The number of allylic oxidation sites excluding steroid dienone is 4. The Morgan fingerprint density at radius 1 is 0.956 bits per heavy atom. The number of amides is 1. The largest absolute Gasteiger partial charge is 0.352 e. The summed E-state index contributed by atoms with van der Waals surface area (Å²) in [4.78, 5) is 39.1. The Bertz CT molecular complexity index is 1240. The van der Waals surface area contributed by atoms with E-state index in [0.29, 0.717) is 6.42 Å². The van der Waals surface area contributed by atoms with Gasteiger partial charge in [0.25, 0.3) is 0 Å². The van der Waals surface area contributed by atoms with Crippen LogP contribution in [0.5, 0.6) is 0 Å². The van der Waals surface area contributed by atoms with Gasteiger partial charge in [0.05, 0.1) is 5.57 Å². The summed E-state index contributed by atoms with van der Waals surface area (Å²) in [5.41, 5.74) is -0.480. The summed E-state index contributed by atoms with van der Waals surface area (Å²) in [6.07, 6.45) is 13.3. The number of nitrogens with one attached hydrogen (secondary N) is 1. The molecule has 2 aliphatic carbocycles. The zero-order chi connectivity index (χ0) is 34.9. The molecule has 0 saturated heterocycles. The van der Waals surface area contributed by atoms with E-state index < -0.39 is 10.8 Å². The second-order valence-electron chi connectivity index (χ2n) is 18.5. The molecule has 45 heavy (non-hydrogen) atoms. The molecule has 2 aliphatic rings. The molecule has 0 aromatic carbocycles. The number of hydrogen-bond donors (Lipinski definition) is 1. The highest BCUT2D eigenvalue weighted by Crippen LogP contribution is 2.67. The summed E-state index contributed by atoms with van der Waals surface area (Å²) in [5.74, 6) is 0.0369. The van der Waals surface area contributed by atoms with Gasteiger partial charge in [0, 0.05) is 22.8 Å². The van der Waals surface area contributed by atoms with Crippen molar-refractivity contribution in [3.8, 4) is 6.07 Å². The number of Topliss-reactive ketones (excluding diaryl/α,β-unsaturated/α-hetero) is 1. The van der Waals surface area contributed by atoms with E-state index in [1.807, 2.05) is 46.8 Å². The molecule has 5 heteroatoms. The quantitative estimate of drug-likeness (QED) is 0.207. The molecule has 0 radical (unpaired) electrons. The first-order chi connectivity index (χ1) is 20.3. The molecule has 0 aliphatic heterocycles. The van der Waals surface area contributed by atoms with Crippen LogP contribution in [-0.2, 0) is 14.4 Å². The predicted octanol–water partition coefficient (Wildman–Crippen LogP) is 10.1. The first kappa shape index (κ1) is 39.0. The smallest absolute Gasteiger partial charge is 0.220 e. The van der Waals surface area contributed by atoms with Gasteiger partial charge in [0.1, 0.15) is 6.07 Å². The van der Waals surface area contributed by atoms with Gasteiger partial charge in [-0.1, -0.05) is 87.3 Å². The molecule has 1 saturated carbocycles. The number of ketones is 2. The van der Waals surface area contributed by atoms with E-state index in [1.54, 1.807) is 6.92 Å². The summed E-state index contributed by atoms with van der Waals surface area (Å²) < 4.78 is 0. The van der Waals surface area contributed by atoms with Crippen LogP contribution in [0.15, 0.2) is 23.3 Å². The van der Waals surface area contributed by atoms with Crippen molar-refractivity contribution < 1.29 is 14.4 Å². The van der Waals surface area contributed by atoms with Gasteiger partial charge in [-0.15, -0.1) is 0 Å². The van der Waals surface area contributed by atoms with E-state index in [4.69, 9.17) is 0 Å². The van der Waals surface area contributed by atoms with E-state index in [-0.39, 0.29) is 56.2 Å². The maximum absolute atomic E-state index is 13.3. The average molecular weight is 623 g/mol. The number of nitrogens with zero attached hydrogens (tertiary/aromatic N) is 1. The van der Waals surface area contributed by atoms with Crippen LogP contribution in [0.3, 0.4) is 0 Å². The van der Waals surface area contributed by atoms with Crippen LogP contribution in [-0.4, -0.2) is 23.0 Å². The molecule has 0 heterocycles. The highest BCUT2D eigenvalue weighted by Gasteiger charge is 2.61. The third-order valence-electron chi connectivity index (χ3n) is 12.1. The Labute approximate surface area is 276 Å². The maximum Gasteiger partial charge on any atom is 0.220 e. The molecule has 0 spiro atoms. The van der Waals surface area contributed by atoms with Crippen molar-refractivity contribution in [1.82, 2.24) is 5.32 Å². The Balaban J connectivity index is 2.50. The van der Waals surface area contributed by atoms with Gasteiger partial charge in [0.15, 0.2) is 11.6 Å². The Hall–Kier alpha value is -2.22. The van der Waals surface area contributed by atoms with Crippen molar-refractivity contribution in [2.24, 2.45) is 38.4 Å². The molecule has 2 rings (SSSR count). The Morgan fingerprint density at radius 3 is 2.04 bits per heavy atom. The molecule has 0 bridgehead atoms. The van der Waals surface area contributed by atoms with Crippen LogP contribution >= 0.6 is 0 Å². The summed E-state index contributed by atoms with van der Waals surface area (Å²) in [5, 5.41) is 13.1. The minimum Gasteiger partial charge on any atom is -0.352 e. The third-order valence-corrected chi connectivity index (χ3v) is 12.1. The fraction of sp³-hybridized carbons (Fsp3) is 0.800. The lowest BCUT2D eigenvalue weighted by Gasteiger charge is -2.61. The van der Waals surface area contributed by atoms with Crippen LogP contribution in [0.1, 0.15) is 161 Å². The van der Waals surface area contributed by atoms with Gasteiger partial charge in [0.2, 0.25) is 5.91 Å². The SMILES string of the molecule is CCCC(C)(C)CC[C@](C)(CCC(=O)NC(C)(C)C)CCC(C)(C)[C@]1(C)CC[C@H]2C(C)(C)C(=O)C(C#N)=C[C@]2(C)/C1=C/C(C)=O. The molecular formula is C40H66N2O3. The van der Waals surface area contributed by atoms with Crippen molar-refractivity contribution in [3.63, 3.8) is 0 Å². The number of hydrogen-bond acceptors (Lipinski definition) is 4. The lowest BCUT2D eigenvalue weighted by molar-refractivity contribution is -0.131. The molecule has 254 valence electrons. The lowest BCUT2D eigenvalue weighted by Crippen LogP contribution is -2.55. The molecule has 0 unspecified atom stereocenters. The second-order valence-corrected chi connectivity index (χ2v) is 18.5. The fourth-order valence-corrected chi connectivity index (χ4v) is 8.72. The highest BCUT2D eigenvalue weighted by molar-refractivity contribution is 6.04. The van der Waals surface area contributed by atoms with Crippen molar-refractivity contribution in [2.75, 3.05) is 0 Å². The number of carbonyl (C=O) groups is 3. The number of carbonyl (C=O) groups excluding carboxylic acids is 3. The Kier molecular flexibility index (Phi) is 11.7. The number of fused-ring (bicyclic) bond motifs is 1. The van der Waals surface area contributed by atoms with E-state index in [2.05, 4.69) is 66.8 Å². The maximum atomic E-state index is 13.3.